The first kappa shape index (κ1) is 20.3. The third kappa shape index (κ3) is 5.22. The van der Waals surface area contributed by atoms with E-state index in [1.165, 1.54) is 32.9 Å². The lowest BCUT2D eigenvalue weighted by Gasteiger charge is -2.26. The number of benzene rings is 2. The molecule has 0 aromatic heterocycles. The van der Waals surface area contributed by atoms with Crippen molar-refractivity contribution in [2.45, 2.75) is 32.5 Å². The van der Waals surface area contributed by atoms with E-state index >= 15 is 0 Å². The van der Waals surface area contributed by atoms with Crippen LogP contribution in [0.5, 0.6) is 5.75 Å². The smallest absolute Gasteiger partial charge is 0.350 e. The molecular formula is C19H18F3NO4. The third-order valence-corrected chi connectivity index (χ3v) is 3.54. The van der Waals surface area contributed by atoms with Crippen molar-refractivity contribution in [3.05, 3.63) is 59.9 Å². The highest BCUT2D eigenvalue weighted by Crippen LogP contribution is 2.21. The molecular weight excluding hydrogens is 363 g/mol. The molecule has 1 amide bonds. The number of para-hydroxylation sites is 1. The van der Waals surface area contributed by atoms with Crippen molar-refractivity contribution < 1.29 is 32.2 Å². The van der Waals surface area contributed by atoms with E-state index in [0.29, 0.717) is 0 Å². The molecule has 0 aliphatic heterocycles. The fourth-order valence-corrected chi connectivity index (χ4v) is 2.04. The summed E-state index contributed by atoms with van der Waals surface area (Å²) in [4.78, 5) is 24.4. The van der Waals surface area contributed by atoms with Gasteiger partial charge < -0.3 is 14.8 Å². The van der Waals surface area contributed by atoms with Crippen LogP contribution in [0.2, 0.25) is 0 Å². The van der Waals surface area contributed by atoms with Crippen LogP contribution in [0.15, 0.2) is 42.5 Å². The number of amides is 1. The summed E-state index contributed by atoms with van der Waals surface area (Å²) in [5.41, 5.74) is -2.12. The largest absolute Gasteiger partial charge is 0.476 e. The van der Waals surface area contributed by atoms with E-state index in [1.54, 1.807) is 0 Å². The SMILES string of the molecule is C[C@H](OC(=O)C(C)(C)Oc1ccc(F)cc1)C(=O)Nc1c(F)cccc1F. The first-order valence-corrected chi connectivity index (χ1v) is 8.00. The zero-order valence-electron chi connectivity index (χ0n) is 14.9. The average Bonchev–Trinajstić information content (AvgIpc) is 2.59. The number of esters is 1. The van der Waals surface area contributed by atoms with Gasteiger partial charge in [-0.15, -0.1) is 0 Å². The van der Waals surface area contributed by atoms with Gasteiger partial charge in [0.1, 0.15) is 28.9 Å². The predicted octanol–water partition coefficient (Wildman–Crippen LogP) is 3.83. The third-order valence-electron chi connectivity index (χ3n) is 3.54. The Bertz CT molecular complexity index is 817. The molecule has 0 saturated carbocycles. The molecule has 0 aliphatic carbocycles. The molecule has 0 heterocycles. The van der Waals surface area contributed by atoms with Crippen LogP contribution in [-0.4, -0.2) is 23.6 Å². The molecule has 144 valence electrons. The normalized spacial score (nSPS) is 12.2. The highest BCUT2D eigenvalue weighted by Gasteiger charge is 2.34. The first-order valence-electron chi connectivity index (χ1n) is 8.00. The fraction of sp³-hybridized carbons (Fsp3) is 0.263. The van der Waals surface area contributed by atoms with Gasteiger partial charge in [0, 0.05) is 0 Å². The van der Waals surface area contributed by atoms with Crippen LogP contribution in [0.1, 0.15) is 20.8 Å². The van der Waals surface area contributed by atoms with Gasteiger partial charge in [0.15, 0.2) is 11.7 Å². The van der Waals surface area contributed by atoms with Crippen molar-refractivity contribution in [1.29, 1.82) is 0 Å². The van der Waals surface area contributed by atoms with Gasteiger partial charge in [-0.3, -0.25) is 4.79 Å². The van der Waals surface area contributed by atoms with Crippen LogP contribution in [-0.2, 0) is 14.3 Å². The molecule has 0 aliphatic rings. The number of hydrogen-bond donors (Lipinski definition) is 1. The number of carbonyl (C=O) groups excluding carboxylic acids is 2. The minimum Gasteiger partial charge on any atom is -0.476 e. The number of nitrogens with one attached hydrogen (secondary N) is 1. The summed E-state index contributed by atoms with van der Waals surface area (Å²) in [6.07, 6.45) is -1.34. The second-order valence-electron chi connectivity index (χ2n) is 6.20. The second kappa shape index (κ2) is 8.11. The van der Waals surface area contributed by atoms with E-state index in [9.17, 15) is 22.8 Å². The first-order chi connectivity index (χ1) is 12.6. The monoisotopic (exact) mass is 381 g/mol. The van der Waals surface area contributed by atoms with Crippen molar-refractivity contribution in [2.24, 2.45) is 0 Å². The number of hydrogen-bond acceptors (Lipinski definition) is 4. The van der Waals surface area contributed by atoms with Gasteiger partial charge in [0.05, 0.1) is 0 Å². The zero-order chi connectivity index (χ0) is 20.2. The van der Waals surface area contributed by atoms with Gasteiger partial charge in [-0.1, -0.05) is 6.07 Å². The van der Waals surface area contributed by atoms with E-state index in [1.807, 2.05) is 5.32 Å². The number of carbonyl (C=O) groups is 2. The number of anilines is 1. The van der Waals surface area contributed by atoms with E-state index < -0.39 is 46.7 Å². The summed E-state index contributed by atoms with van der Waals surface area (Å²) < 4.78 is 50.6. The lowest BCUT2D eigenvalue weighted by molar-refractivity contribution is -0.166. The Morgan fingerprint density at radius 1 is 1.00 bits per heavy atom. The standard InChI is InChI=1S/C19H18F3NO4/c1-11(17(24)23-16-14(21)5-4-6-15(16)22)26-18(25)19(2,3)27-13-9-7-12(20)8-10-13/h4-11H,1-3H3,(H,23,24)/t11-/m0/s1. The molecule has 0 radical (unpaired) electrons. The molecule has 1 atom stereocenters. The maximum atomic E-state index is 13.6. The van der Waals surface area contributed by atoms with Crippen LogP contribution in [0.25, 0.3) is 0 Å². The van der Waals surface area contributed by atoms with Gasteiger partial charge in [-0.25, -0.2) is 18.0 Å². The Morgan fingerprint density at radius 2 is 1.56 bits per heavy atom. The number of halogens is 3. The number of ether oxygens (including phenoxy) is 2. The molecule has 2 aromatic rings. The van der Waals surface area contributed by atoms with Gasteiger partial charge in [0.25, 0.3) is 5.91 Å². The topological polar surface area (TPSA) is 64.6 Å². The molecule has 0 spiro atoms. The van der Waals surface area contributed by atoms with Crippen molar-refractivity contribution in [1.82, 2.24) is 0 Å². The maximum absolute atomic E-state index is 13.6. The predicted molar refractivity (Wildman–Crippen MR) is 91.6 cm³/mol. The fourth-order valence-electron chi connectivity index (χ4n) is 2.04. The Kier molecular flexibility index (Phi) is 6.09. The lowest BCUT2D eigenvalue weighted by atomic mass is 10.1. The summed E-state index contributed by atoms with van der Waals surface area (Å²) in [6, 6.07) is 8.11. The summed E-state index contributed by atoms with van der Waals surface area (Å²) >= 11 is 0. The summed E-state index contributed by atoms with van der Waals surface area (Å²) in [6.45, 7) is 4.06. The van der Waals surface area contributed by atoms with Gasteiger partial charge >= 0.3 is 5.97 Å². The highest BCUT2D eigenvalue weighted by molar-refractivity contribution is 5.95. The van der Waals surface area contributed by atoms with Crippen LogP contribution in [0.4, 0.5) is 18.9 Å². The van der Waals surface area contributed by atoms with E-state index in [2.05, 4.69) is 0 Å². The lowest BCUT2D eigenvalue weighted by Crippen LogP contribution is -2.43. The summed E-state index contributed by atoms with van der Waals surface area (Å²) in [5.74, 6) is -3.95. The van der Waals surface area contributed by atoms with Gasteiger partial charge in [-0.05, 0) is 57.2 Å². The minimum atomic E-state index is -1.49. The molecule has 2 aromatic carbocycles. The van der Waals surface area contributed by atoms with Crippen LogP contribution in [0, 0.1) is 17.5 Å². The van der Waals surface area contributed by atoms with Crippen molar-refractivity contribution in [3.63, 3.8) is 0 Å². The van der Waals surface area contributed by atoms with Crippen LogP contribution >= 0.6 is 0 Å². The summed E-state index contributed by atoms with van der Waals surface area (Å²) in [5, 5.41) is 2.04. The zero-order valence-corrected chi connectivity index (χ0v) is 14.9. The molecule has 2 rings (SSSR count). The van der Waals surface area contributed by atoms with Crippen LogP contribution < -0.4 is 10.1 Å². The van der Waals surface area contributed by atoms with E-state index in [0.717, 1.165) is 30.3 Å². The van der Waals surface area contributed by atoms with E-state index in [4.69, 9.17) is 9.47 Å². The molecule has 27 heavy (non-hydrogen) atoms. The van der Waals surface area contributed by atoms with Gasteiger partial charge in [0.2, 0.25) is 0 Å². The molecule has 5 nitrogen and oxygen atoms in total. The van der Waals surface area contributed by atoms with Crippen molar-refractivity contribution in [2.75, 3.05) is 5.32 Å². The molecule has 0 unspecified atom stereocenters. The Hall–Kier alpha value is -3.03. The molecule has 1 N–H and O–H groups in total. The average molecular weight is 381 g/mol. The molecule has 0 saturated heterocycles. The molecule has 0 bridgehead atoms. The highest BCUT2D eigenvalue weighted by atomic mass is 19.1. The second-order valence-corrected chi connectivity index (χ2v) is 6.20. The van der Waals surface area contributed by atoms with E-state index in [-0.39, 0.29) is 5.75 Å². The number of rotatable bonds is 6. The Morgan fingerprint density at radius 3 is 2.11 bits per heavy atom. The Balaban J connectivity index is 2.00. The van der Waals surface area contributed by atoms with Crippen LogP contribution in [0.3, 0.4) is 0 Å². The van der Waals surface area contributed by atoms with Gasteiger partial charge in [-0.2, -0.15) is 0 Å². The minimum absolute atomic E-state index is 0.226. The van der Waals surface area contributed by atoms with Crippen molar-refractivity contribution >= 4 is 17.6 Å². The molecule has 0 fully saturated rings. The summed E-state index contributed by atoms with van der Waals surface area (Å²) in [7, 11) is 0. The maximum Gasteiger partial charge on any atom is 0.350 e. The Labute approximate surface area is 154 Å². The van der Waals surface area contributed by atoms with Crippen molar-refractivity contribution in [3.8, 4) is 5.75 Å². The molecule has 8 heteroatoms. The quantitative estimate of drug-likeness (QED) is 0.773.